The van der Waals surface area contributed by atoms with Gasteiger partial charge in [-0.2, -0.15) is 0 Å². The third kappa shape index (κ3) is 8.77. The molecule has 0 aromatic heterocycles. The Labute approximate surface area is 177 Å². The van der Waals surface area contributed by atoms with Crippen LogP contribution in [-0.2, 0) is 27.3 Å². The number of anilines is 1. The number of amides is 3. The third-order valence-corrected chi connectivity index (χ3v) is 4.04. The number of alkyl carbamates (subject to hydrolysis) is 1. The highest BCUT2D eigenvalue weighted by molar-refractivity contribution is 5.91. The van der Waals surface area contributed by atoms with Gasteiger partial charge in [0.15, 0.2) is 0 Å². The minimum Gasteiger partial charge on any atom is -0.444 e. The summed E-state index contributed by atoms with van der Waals surface area (Å²) in [5.41, 5.74) is 1.90. The molecule has 2 rings (SSSR count). The van der Waals surface area contributed by atoms with Crippen molar-refractivity contribution in [1.82, 2.24) is 10.6 Å². The Morgan fingerprint density at radius 1 is 0.867 bits per heavy atom. The van der Waals surface area contributed by atoms with Crippen molar-refractivity contribution in [2.45, 2.75) is 45.8 Å². The maximum atomic E-state index is 12.3. The summed E-state index contributed by atoms with van der Waals surface area (Å²) in [6.45, 7) is 5.28. The minimum atomic E-state index is -0.649. The highest BCUT2D eigenvalue weighted by Crippen LogP contribution is 2.15. The first kappa shape index (κ1) is 22.9. The standard InChI is InChI=1S/C23H29N3O4/c1-23(2,3)30-22(29)25-16-21(28)24-15-18-11-7-8-12-19(18)26-20(27)14-13-17-9-5-4-6-10-17/h4-12H,13-16H2,1-3H3,(H,24,28)(H,25,29)(H,26,27). The molecule has 0 saturated carbocycles. The first-order valence-corrected chi connectivity index (χ1v) is 9.88. The molecule has 0 spiro atoms. The van der Waals surface area contributed by atoms with Crippen LogP contribution in [0.5, 0.6) is 0 Å². The monoisotopic (exact) mass is 411 g/mol. The van der Waals surface area contributed by atoms with Crippen molar-refractivity contribution in [3.05, 3.63) is 65.7 Å². The molecule has 0 atom stereocenters. The van der Waals surface area contributed by atoms with Crippen molar-refractivity contribution >= 4 is 23.6 Å². The highest BCUT2D eigenvalue weighted by Gasteiger charge is 2.16. The molecule has 0 aliphatic rings. The third-order valence-electron chi connectivity index (χ3n) is 4.04. The summed E-state index contributed by atoms with van der Waals surface area (Å²) < 4.78 is 5.09. The number of hydrogen-bond acceptors (Lipinski definition) is 4. The largest absolute Gasteiger partial charge is 0.444 e. The zero-order chi connectivity index (χ0) is 22.0. The number of carbonyl (C=O) groups excluding carboxylic acids is 3. The number of benzene rings is 2. The molecular formula is C23H29N3O4. The van der Waals surface area contributed by atoms with Crippen LogP contribution < -0.4 is 16.0 Å². The van der Waals surface area contributed by atoms with Crippen LogP contribution in [0.15, 0.2) is 54.6 Å². The van der Waals surface area contributed by atoms with Crippen LogP contribution in [0.1, 0.15) is 38.3 Å². The molecule has 3 amide bonds. The van der Waals surface area contributed by atoms with E-state index in [0.717, 1.165) is 11.1 Å². The Morgan fingerprint density at radius 3 is 2.23 bits per heavy atom. The molecule has 30 heavy (non-hydrogen) atoms. The summed E-state index contributed by atoms with van der Waals surface area (Å²) in [5, 5.41) is 8.04. The molecule has 3 N–H and O–H groups in total. The van der Waals surface area contributed by atoms with Crippen LogP contribution in [0.3, 0.4) is 0 Å². The van der Waals surface area contributed by atoms with E-state index < -0.39 is 11.7 Å². The first-order chi connectivity index (χ1) is 14.2. The fraction of sp³-hybridized carbons (Fsp3) is 0.348. The molecule has 7 nitrogen and oxygen atoms in total. The Morgan fingerprint density at radius 2 is 1.53 bits per heavy atom. The normalized spacial score (nSPS) is 10.8. The second-order valence-corrected chi connectivity index (χ2v) is 7.82. The Bertz CT molecular complexity index is 860. The van der Waals surface area contributed by atoms with E-state index in [9.17, 15) is 14.4 Å². The number of rotatable bonds is 8. The smallest absolute Gasteiger partial charge is 0.408 e. The van der Waals surface area contributed by atoms with Crippen molar-refractivity contribution in [2.75, 3.05) is 11.9 Å². The van der Waals surface area contributed by atoms with E-state index in [1.165, 1.54) is 0 Å². The summed E-state index contributed by atoms with van der Waals surface area (Å²) in [4.78, 5) is 35.9. The van der Waals surface area contributed by atoms with Gasteiger partial charge in [0.2, 0.25) is 11.8 Å². The molecule has 0 heterocycles. The summed E-state index contributed by atoms with van der Waals surface area (Å²) in [6, 6.07) is 17.1. The quantitative estimate of drug-likeness (QED) is 0.620. The number of para-hydroxylation sites is 1. The number of carbonyl (C=O) groups is 3. The number of ether oxygens (including phenoxy) is 1. The maximum absolute atomic E-state index is 12.3. The van der Waals surface area contributed by atoms with Gasteiger partial charge in [0.1, 0.15) is 12.1 Å². The summed E-state index contributed by atoms with van der Waals surface area (Å²) >= 11 is 0. The van der Waals surface area contributed by atoms with Gasteiger partial charge >= 0.3 is 6.09 Å². The van der Waals surface area contributed by atoms with Gasteiger partial charge < -0.3 is 20.7 Å². The predicted octanol–water partition coefficient (Wildman–Crippen LogP) is 3.40. The van der Waals surface area contributed by atoms with E-state index >= 15 is 0 Å². The lowest BCUT2D eigenvalue weighted by Gasteiger charge is -2.19. The molecule has 0 aliphatic carbocycles. The lowest BCUT2D eigenvalue weighted by molar-refractivity contribution is -0.120. The van der Waals surface area contributed by atoms with Crippen LogP contribution >= 0.6 is 0 Å². The van der Waals surface area contributed by atoms with Crippen LogP contribution in [0.4, 0.5) is 10.5 Å². The maximum Gasteiger partial charge on any atom is 0.408 e. The van der Waals surface area contributed by atoms with E-state index in [2.05, 4.69) is 16.0 Å². The molecule has 0 saturated heterocycles. The van der Waals surface area contributed by atoms with Crippen LogP contribution in [0, 0.1) is 0 Å². The second kappa shape index (κ2) is 11.0. The van der Waals surface area contributed by atoms with Crippen LogP contribution in [0.25, 0.3) is 0 Å². The van der Waals surface area contributed by atoms with E-state index in [0.29, 0.717) is 18.5 Å². The van der Waals surface area contributed by atoms with Crippen LogP contribution in [0.2, 0.25) is 0 Å². The van der Waals surface area contributed by atoms with Gasteiger partial charge in [-0.15, -0.1) is 0 Å². The molecule has 7 heteroatoms. The highest BCUT2D eigenvalue weighted by atomic mass is 16.6. The van der Waals surface area contributed by atoms with Gasteiger partial charge in [0, 0.05) is 18.7 Å². The summed E-state index contributed by atoms with van der Waals surface area (Å²) in [5.74, 6) is -0.449. The SMILES string of the molecule is CC(C)(C)OC(=O)NCC(=O)NCc1ccccc1NC(=O)CCc1ccccc1. The van der Waals surface area contributed by atoms with Gasteiger partial charge in [-0.05, 0) is 44.4 Å². The number of aryl methyl sites for hydroxylation is 1. The minimum absolute atomic E-state index is 0.0933. The molecule has 0 unspecified atom stereocenters. The lowest BCUT2D eigenvalue weighted by Crippen LogP contribution is -2.39. The van der Waals surface area contributed by atoms with Crippen molar-refractivity contribution in [2.24, 2.45) is 0 Å². The molecule has 0 aliphatic heterocycles. The van der Waals surface area contributed by atoms with E-state index in [1.807, 2.05) is 48.5 Å². The van der Waals surface area contributed by atoms with Crippen LogP contribution in [-0.4, -0.2) is 30.1 Å². The van der Waals surface area contributed by atoms with E-state index in [1.54, 1.807) is 26.8 Å². The Hall–Kier alpha value is -3.35. The van der Waals surface area contributed by atoms with Crippen molar-refractivity contribution in [3.8, 4) is 0 Å². The topological polar surface area (TPSA) is 96.5 Å². The van der Waals surface area contributed by atoms with Gasteiger partial charge in [-0.1, -0.05) is 48.5 Å². The fourth-order valence-corrected chi connectivity index (χ4v) is 2.63. The molecule has 0 bridgehead atoms. The molecule has 2 aromatic carbocycles. The fourth-order valence-electron chi connectivity index (χ4n) is 2.63. The molecular weight excluding hydrogens is 382 g/mol. The average molecular weight is 412 g/mol. The van der Waals surface area contributed by atoms with Gasteiger partial charge in [-0.25, -0.2) is 4.79 Å². The Kier molecular flexibility index (Phi) is 8.41. The van der Waals surface area contributed by atoms with Gasteiger partial charge in [-0.3, -0.25) is 9.59 Å². The number of hydrogen-bond donors (Lipinski definition) is 3. The van der Waals surface area contributed by atoms with Crippen molar-refractivity contribution in [1.29, 1.82) is 0 Å². The molecule has 0 fully saturated rings. The second-order valence-electron chi connectivity index (χ2n) is 7.82. The van der Waals surface area contributed by atoms with Gasteiger partial charge in [0.05, 0.1) is 0 Å². The first-order valence-electron chi connectivity index (χ1n) is 9.88. The molecule has 0 radical (unpaired) electrons. The average Bonchev–Trinajstić information content (AvgIpc) is 2.69. The van der Waals surface area contributed by atoms with E-state index in [-0.39, 0.29) is 24.9 Å². The molecule has 160 valence electrons. The van der Waals surface area contributed by atoms with E-state index in [4.69, 9.17) is 4.74 Å². The van der Waals surface area contributed by atoms with Gasteiger partial charge in [0.25, 0.3) is 0 Å². The molecule has 2 aromatic rings. The summed E-state index contributed by atoms with van der Waals surface area (Å²) in [6.07, 6.45) is 0.371. The zero-order valence-electron chi connectivity index (χ0n) is 17.7. The predicted molar refractivity (Wildman–Crippen MR) is 116 cm³/mol. The van der Waals surface area contributed by atoms with Crippen molar-refractivity contribution in [3.63, 3.8) is 0 Å². The zero-order valence-corrected chi connectivity index (χ0v) is 17.7. The number of nitrogens with one attached hydrogen (secondary N) is 3. The Balaban J connectivity index is 1.81. The van der Waals surface area contributed by atoms with Crippen molar-refractivity contribution < 1.29 is 19.1 Å². The lowest BCUT2D eigenvalue weighted by atomic mass is 10.1. The summed E-state index contributed by atoms with van der Waals surface area (Å²) in [7, 11) is 0.